The SMILES string of the molecule is Cc1c(Cl)cccc1NC(=O)C1CCCN(C(=O)NC2CC2)C1. The Kier molecular flexibility index (Phi) is 4.76. The molecule has 2 aliphatic rings. The van der Waals surface area contributed by atoms with E-state index in [1.165, 1.54) is 0 Å². The molecule has 1 heterocycles. The van der Waals surface area contributed by atoms with E-state index in [-0.39, 0.29) is 17.9 Å². The summed E-state index contributed by atoms with van der Waals surface area (Å²) in [5, 5.41) is 6.57. The molecule has 0 spiro atoms. The van der Waals surface area contributed by atoms with E-state index in [2.05, 4.69) is 10.6 Å². The van der Waals surface area contributed by atoms with Gasteiger partial charge in [0.2, 0.25) is 5.91 Å². The number of hydrogen-bond acceptors (Lipinski definition) is 2. The van der Waals surface area contributed by atoms with E-state index in [9.17, 15) is 9.59 Å². The van der Waals surface area contributed by atoms with Crippen molar-refractivity contribution in [3.05, 3.63) is 28.8 Å². The Balaban J connectivity index is 1.60. The minimum Gasteiger partial charge on any atom is -0.335 e. The van der Waals surface area contributed by atoms with E-state index < -0.39 is 0 Å². The fourth-order valence-corrected chi connectivity index (χ4v) is 3.02. The van der Waals surface area contributed by atoms with Crippen LogP contribution in [0, 0.1) is 12.8 Å². The number of piperidine rings is 1. The molecule has 1 aromatic rings. The van der Waals surface area contributed by atoms with Crippen molar-refractivity contribution in [2.45, 2.75) is 38.6 Å². The number of halogens is 1. The Labute approximate surface area is 141 Å². The predicted molar refractivity (Wildman–Crippen MR) is 90.7 cm³/mol. The largest absolute Gasteiger partial charge is 0.335 e. The van der Waals surface area contributed by atoms with Crippen LogP contribution in [0.3, 0.4) is 0 Å². The summed E-state index contributed by atoms with van der Waals surface area (Å²) in [6, 6.07) is 5.77. The van der Waals surface area contributed by atoms with Gasteiger partial charge >= 0.3 is 6.03 Å². The Bertz CT molecular complexity index is 616. The number of nitrogens with one attached hydrogen (secondary N) is 2. The van der Waals surface area contributed by atoms with Gasteiger partial charge in [0.25, 0.3) is 0 Å². The maximum absolute atomic E-state index is 12.5. The molecule has 0 radical (unpaired) electrons. The summed E-state index contributed by atoms with van der Waals surface area (Å²) in [5.74, 6) is -0.216. The van der Waals surface area contributed by atoms with E-state index in [1.54, 1.807) is 11.0 Å². The molecule has 1 saturated carbocycles. The van der Waals surface area contributed by atoms with E-state index in [4.69, 9.17) is 11.6 Å². The quantitative estimate of drug-likeness (QED) is 0.891. The lowest BCUT2D eigenvalue weighted by atomic mass is 9.97. The van der Waals surface area contributed by atoms with Gasteiger partial charge in [-0.2, -0.15) is 0 Å². The molecule has 6 heteroatoms. The van der Waals surface area contributed by atoms with Crippen molar-refractivity contribution in [2.24, 2.45) is 5.92 Å². The molecule has 1 aromatic carbocycles. The average Bonchev–Trinajstić information content (AvgIpc) is 3.36. The number of likely N-dealkylation sites (tertiary alicyclic amines) is 1. The lowest BCUT2D eigenvalue weighted by Crippen LogP contribution is -2.48. The third-order valence-corrected chi connectivity index (χ3v) is 4.92. The van der Waals surface area contributed by atoms with Gasteiger partial charge in [0, 0.05) is 29.8 Å². The van der Waals surface area contributed by atoms with Crippen LogP contribution in [-0.2, 0) is 4.79 Å². The summed E-state index contributed by atoms with van der Waals surface area (Å²) >= 11 is 6.09. The maximum Gasteiger partial charge on any atom is 0.317 e. The minimum atomic E-state index is -0.174. The normalized spacial score (nSPS) is 21.0. The molecule has 1 aliphatic carbocycles. The Morgan fingerprint density at radius 1 is 1.26 bits per heavy atom. The number of benzene rings is 1. The number of anilines is 1. The highest BCUT2D eigenvalue weighted by Crippen LogP contribution is 2.25. The first-order valence-electron chi connectivity index (χ1n) is 8.16. The third-order valence-electron chi connectivity index (χ3n) is 4.51. The number of rotatable bonds is 3. The van der Waals surface area contributed by atoms with Crippen LogP contribution in [-0.4, -0.2) is 36.0 Å². The lowest BCUT2D eigenvalue weighted by molar-refractivity contribution is -0.121. The van der Waals surface area contributed by atoms with Crippen LogP contribution in [0.15, 0.2) is 18.2 Å². The number of amides is 3. The van der Waals surface area contributed by atoms with Crippen molar-refractivity contribution in [1.29, 1.82) is 0 Å². The molecule has 5 nitrogen and oxygen atoms in total. The van der Waals surface area contributed by atoms with Gasteiger partial charge < -0.3 is 15.5 Å². The summed E-state index contributed by atoms with van der Waals surface area (Å²) in [7, 11) is 0. The molecule has 1 saturated heterocycles. The van der Waals surface area contributed by atoms with Crippen molar-refractivity contribution < 1.29 is 9.59 Å². The molecule has 2 N–H and O–H groups in total. The van der Waals surface area contributed by atoms with E-state index >= 15 is 0 Å². The van der Waals surface area contributed by atoms with Crippen LogP contribution in [0.25, 0.3) is 0 Å². The second-order valence-electron chi connectivity index (χ2n) is 6.41. The number of carbonyl (C=O) groups is 2. The second-order valence-corrected chi connectivity index (χ2v) is 6.82. The molecular weight excluding hydrogens is 314 g/mol. The molecule has 124 valence electrons. The van der Waals surface area contributed by atoms with Gasteiger partial charge in [0.1, 0.15) is 0 Å². The average molecular weight is 336 g/mol. The summed E-state index contributed by atoms with van der Waals surface area (Å²) in [4.78, 5) is 26.4. The molecule has 1 atom stereocenters. The van der Waals surface area contributed by atoms with Gasteiger partial charge in [0.05, 0.1) is 5.92 Å². The van der Waals surface area contributed by atoms with Gasteiger partial charge in [0.15, 0.2) is 0 Å². The first kappa shape index (κ1) is 16.1. The molecule has 2 fully saturated rings. The zero-order valence-corrected chi connectivity index (χ0v) is 14.0. The number of hydrogen-bond donors (Lipinski definition) is 2. The van der Waals surface area contributed by atoms with Crippen molar-refractivity contribution in [3.8, 4) is 0 Å². The highest BCUT2D eigenvalue weighted by atomic mass is 35.5. The summed E-state index contributed by atoms with van der Waals surface area (Å²) in [5.41, 5.74) is 1.60. The highest BCUT2D eigenvalue weighted by molar-refractivity contribution is 6.31. The molecule has 23 heavy (non-hydrogen) atoms. The number of carbonyl (C=O) groups excluding carboxylic acids is 2. The van der Waals surface area contributed by atoms with Gasteiger partial charge in [-0.05, 0) is 50.3 Å². The highest BCUT2D eigenvalue weighted by Gasteiger charge is 2.31. The summed E-state index contributed by atoms with van der Waals surface area (Å²) in [6.45, 7) is 3.08. The first-order chi connectivity index (χ1) is 11.0. The molecule has 3 amide bonds. The monoisotopic (exact) mass is 335 g/mol. The van der Waals surface area contributed by atoms with E-state index in [0.29, 0.717) is 17.6 Å². The fourth-order valence-electron chi connectivity index (χ4n) is 2.85. The summed E-state index contributed by atoms with van der Waals surface area (Å²) in [6.07, 6.45) is 3.79. The minimum absolute atomic E-state index is 0.0380. The molecule has 1 aliphatic heterocycles. The standard InChI is InChI=1S/C17H22ClN3O2/c1-11-14(18)5-2-6-15(11)20-16(22)12-4-3-9-21(10-12)17(23)19-13-7-8-13/h2,5-6,12-13H,3-4,7-10H2,1H3,(H,19,23)(H,20,22). The van der Waals surface area contributed by atoms with Crippen LogP contribution < -0.4 is 10.6 Å². The Hall–Kier alpha value is -1.75. The van der Waals surface area contributed by atoms with Crippen molar-refractivity contribution in [1.82, 2.24) is 10.2 Å². The zero-order chi connectivity index (χ0) is 16.4. The molecule has 1 unspecified atom stereocenters. The van der Waals surface area contributed by atoms with Crippen LogP contribution in [0.5, 0.6) is 0 Å². The summed E-state index contributed by atoms with van der Waals surface area (Å²) < 4.78 is 0. The van der Waals surface area contributed by atoms with Gasteiger partial charge in [-0.1, -0.05) is 17.7 Å². The van der Waals surface area contributed by atoms with Gasteiger partial charge in [-0.25, -0.2) is 4.79 Å². The van der Waals surface area contributed by atoms with Crippen molar-refractivity contribution in [2.75, 3.05) is 18.4 Å². The van der Waals surface area contributed by atoms with Crippen LogP contribution in [0.2, 0.25) is 5.02 Å². The van der Waals surface area contributed by atoms with Crippen LogP contribution in [0.1, 0.15) is 31.2 Å². The van der Waals surface area contributed by atoms with E-state index in [1.807, 2.05) is 19.1 Å². The predicted octanol–water partition coefficient (Wildman–Crippen LogP) is 3.17. The lowest BCUT2D eigenvalue weighted by Gasteiger charge is -2.32. The van der Waals surface area contributed by atoms with Crippen LogP contribution in [0.4, 0.5) is 10.5 Å². The zero-order valence-electron chi connectivity index (χ0n) is 13.3. The molecule has 3 rings (SSSR count). The molecule has 0 aromatic heterocycles. The van der Waals surface area contributed by atoms with Crippen molar-refractivity contribution in [3.63, 3.8) is 0 Å². The molecule has 0 bridgehead atoms. The van der Waals surface area contributed by atoms with E-state index in [0.717, 1.165) is 43.5 Å². The first-order valence-corrected chi connectivity index (χ1v) is 8.54. The maximum atomic E-state index is 12.5. The third kappa shape index (κ3) is 3.96. The molecular formula is C17H22ClN3O2. The number of nitrogens with zero attached hydrogens (tertiary/aromatic N) is 1. The fraction of sp³-hybridized carbons (Fsp3) is 0.529. The topological polar surface area (TPSA) is 61.4 Å². The Morgan fingerprint density at radius 3 is 2.78 bits per heavy atom. The van der Waals surface area contributed by atoms with Crippen LogP contribution >= 0.6 is 11.6 Å². The smallest absolute Gasteiger partial charge is 0.317 e. The number of urea groups is 1. The van der Waals surface area contributed by atoms with Gasteiger partial charge in [-0.15, -0.1) is 0 Å². The second kappa shape index (κ2) is 6.79. The van der Waals surface area contributed by atoms with Crippen molar-refractivity contribution >= 4 is 29.2 Å². The Morgan fingerprint density at radius 2 is 2.04 bits per heavy atom. The van der Waals surface area contributed by atoms with Gasteiger partial charge in [-0.3, -0.25) is 4.79 Å².